The molecule has 1 unspecified atom stereocenters. The topological polar surface area (TPSA) is 84.2 Å². The number of hydrogen-bond acceptors (Lipinski definition) is 3. The molecule has 1 aromatic rings. The third-order valence-electron chi connectivity index (χ3n) is 2.75. The summed E-state index contributed by atoms with van der Waals surface area (Å²) in [6, 6.07) is 5.81. The zero-order valence-corrected chi connectivity index (χ0v) is 11.5. The first-order valence-electron chi connectivity index (χ1n) is 6.49. The van der Waals surface area contributed by atoms with Crippen molar-refractivity contribution >= 4 is 11.8 Å². The van der Waals surface area contributed by atoms with Gasteiger partial charge in [0.15, 0.2) is 0 Å². The van der Waals surface area contributed by atoms with Crippen LogP contribution in [0, 0.1) is 11.7 Å². The Labute approximate surface area is 117 Å². The smallest absolute Gasteiger partial charge is 0.239 e. The molecule has 0 saturated heterocycles. The Morgan fingerprint density at radius 2 is 2.05 bits per heavy atom. The first-order chi connectivity index (χ1) is 9.51. The maximum Gasteiger partial charge on any atom is 0.239 e. The monoisotopic (exact) mass is 281 g/mol. The lowest BCUT2D eigenvalue weighted by molar-refractivity contribution is -0.125. The van der Waals surface area contributed by atoms with E-state index in [2.05, 4.69) is 10.6 Å². The van der Waals surface area contributed by atoms with E-state index in [4.69, 9.17) is 5.73 Å². The van der Waals surface area contributed by atoms with Gasteiger partial charge in [0.25, 0.3) is 0 Å². The van der Waals surface area contributed by atoms with E-state index in [9.17, 15) is 14.0 Å². The fraction of sp³-hybridized carbons (Fsp3) is 0.429. The molecule has 0 bridgehead atoms. The molecule has 1 atom stereocenters. The van der Waals surface area contributed by atoms with Gasteiger partial charge in [0.05, 0.1) is 13.0 Å². The standard InChI is InChI=1S/C14H20FN3O2/c1-10(7-16)8-17-14(20)9-18-13(19)6-11-3-2-4-12(15)5-11/h2-5,10H,6-9,16H2,1H3,(H,17,20)(H,18,19). The molecular weight excluding hydrogens is 261 g/mol. The normalized spacial score (nSPS) is 11.8. The van der Waals surface area contributed by atoms with Crippen LogP contribution in [0.2, 0.25) is 0 Å². The molecule has 5 nitrogen and oxygen atoms in total. The first kappa shape index (κ1) is 16.1. The largest absolute Gasteiger partial charge is 0.354 e. The van der Waals surface area contributed by atoms with E-state index in [1.807, 2.05) is 6.92 Å². The molecule has 0 spiro atoms. The van der Waals surface area contributed by atoms with Crippen LogP contribution >= 0.6 is 0 Å². The molecule has 0 fully saturated rings. The lowest BCUT2D eigenvalue weighted by atomic mass is 10.1. The Morgan fingerprint density at radius 1 is 1.30 bits per heavy atom. The summed E-state index contributed by atoms with van der Waals surface area (Å²) in [6.07, 6.45) is 0.0459. The second-order valence-electron chi connectivity index (χ2n) is 4.73. The number of nitrogens with one attached hydrogen (secondary N) is 2. The van der Waals surface area contributed by atoms with Gasteiger partial charge in [-0.05, 0) is 30.2 Å². The van der Waals surface area contributed by atoms with Crippen molar-refractivity contribution in [1.29, 1.82) is 0 Å². The molecule has 0 radical (unpaired) electrons. The van der Waals surface area contributed by atoms with Crippen molar-refractivity contribution in [3.63, 3.8) is 0 Å². The zero-order chi connectivity index (χ0) is 15.0. The Bertz CT molecular complexity index is 465. The molecule has 0 heterocycles. The van der Waals surface area contributed by atoms with Gasteiger partial charge in [-0.2, -0.15) is 0 Å². The van der Waals surface area contributed by atoms with Crippen LogP contribution in [0.5, 0.6) is 0 Å². The van der Waals surface area contributed by atoms with Gasteiger partial charge in [-0.15, -0.1) is 0 Å². The predicted octanol–water partition coefficient (Wildman–Crippen LogP) is 0.195. The van der Waals surface area contributed by atoms with Crippen LogP contribution in [0.15, 0.2) is 24.3 Å². The van der Waals surface area contributed by atoms with Crippen LogP contribution in [-0.4, -0.2) is 31.4 Å². The lowest BCUT2D eigenvalue weighted by Gasteiger charge is -2.10. The quantitative estimate of drug-likeness (QED) is 0.667. The Balaban J connectivity index is 2.27. The van der Waals surface area contributed by atoms with Crippen LogP contribution < -0.4 is 16.4 Å². The molecule has 1 aromatic carbocycles. The average Bonchev–Trinajstić information content (AvgIpc) is 2.42. The van der Waals surface area contributed by atoms with Crippen molar-refractivity contribution in [3.8, 4) is 0 Å². The second-order valence-corrected chi connectivity index (χ2v) is 4.73. The predicted molar refractivity (Wildman–Crippen MR) is 74.3 cm³/mol. The van der Waals surface area contributed by atoms with Crippen LogP contribution in [0.25, 0.3) is 0 Å². The van der Waals surface area contributed by atoms with E-state index in [-0.39, 0.29) is 36.5 Å². The molecule has 4 N–H and O–H groups in total. The van der Waals surface area contributed by atoms with Gasteiger partial charge in [0.1, 0.15) is 5.82 Å². The van der Waals surface area contributed by atoms with Crippen LogP contribution in [0.1, 0.15) is 12.5 Å². The first-order valence-corrected chi connectivity index (χ1v) is 6.49. The summed E-state index contributed by atoms with van der Waals surface area (Å²) in [5.41, 5.74) is 6.00. The number of carbonyl (C=O) groups excluding carboxylic acids is 2. The summed E-state index contributed by atoms with van der Waals surface area (Å²) in [5.74, 6) is -0.777. The van der Waals surface area contributed by atoms with Crippen LogP contribution in [0.3, 0.4) is 0 Å². The van der Waals surface area contributed by atoms with Gasteiger partial charge in [-0.1, -0.05) is 19.1 Å². The van der Waals surface area contributed by atoms with E-state index in [1.54, 1.807) is 12.1 Å². The van der Waals surface area contributed by atoms with Crippen molar-refractivity contribution in [3.05, 3.63) is 35.6 Å². The molecule has 0 aliphatic carbocycles. The number of benzene rings is 1. The Morgan fingerprint density at radius 3 is 2.70 bits per heavy atom. The molecule has 110 valence electrons. The number of amides is 2. The van der Waals surface area contributed by atoms with Crippen molar-refractivity contribution in [2.75, 3.05) is 19.6 Å². The van der Waals surface area contributed by atoms with E-state index >= 15 is 0 Å². The molecule has 0 aliphatic heterocycles. The van der Waals surface area contributed by atoms with Crippen molar-refractivity contribution in [2.24, 2.45) is 11.7 Å². The van der Waals surface area contributed by atoms with Crippen LogP contribution in [0.4, 0.5) is 4.39 Å². The molecular formula is C14H20FN3O2. The number of rotatable bonds is 7. The minimum atomic E-state index is -0.385. The minimum absolute atomic E-state index is 0.0459. The van der Waals surface area contributed by atoms with Gasteiger partial charge < -0.3 is 16.4 Å². The van der Waals surface area contributed by atoms with Crippen molar-refractivity contribution in [2.45, 2.75) is 13.3 Å². The SMILES string of the molecule is CC(CN)CNC(=O)CNC(=O)Cc1cccc(F)c1. The van der Waals surface area contributed by atoms with Crippen molar-refractivity contribution < 1.29 is 14.0 Å². The van der Waals surface area contributed by atoms with E-state index in [0.717, 1.165) is 0 Å². The summed E-state index contributed by atoms with van der Waals surface area (Å²) in [6.45, 7) is 2.80. The van der Waals surface area contributed by atoms with E-state index in [1.165, 1.54) is 12.1 Å². The van der Waals surface area contributed by atoms with Gasteiger partial charge >= 0.3 is 0 Å². The van der Waals surface area contributed by atoms with Gasteiger partial charge in [0.2, 0.25) is 11.8 Å². The van der Waals surface area contributed by atoms with Crippen molar-refractivity contribution in [1.82, 2.24) is 10.6 Å². The highest BCUT2D eigenvalue weighted by molar-refractivity contribution is 5.85. The lowest BCUT2D eigenvalue weighted by Crippen LogP contribution is -2.39. The molecule has 20 heavy (non-hydrogen) atoms. The molecule has 1 rings (SSSR count). The number of carbonyl (C=O) groups is 2. The number of halogens is 1. The second kappa shape index (κ2) is 8.27. The maximum atomic E-state index is 12.9. The van der Waals surface area contributed by atoms with Gasteiger partial charge in [-0.3, -0.25) is 9.59 Å². The molecule has 2 amide bonds. The van der Waals surface area contributed by atoms with Gasteiger partial charge in [0, 0.05) is 6.54 Å². The molecule has 0 saturated carbocycles. The number of nitrogens with two attached hydrogens (primary N) is 1. The fourth-order valence-electron chi connectivity index (χ4n) is 1.51. The Kier molecular flexibility index (Phi) is 6.66. The fourth-order valence-corrected chi connectivity index (χ4v) is 1.51. The average molecular weight is 281 g/mol. The molecule has 6 heteroatoms. The minimum Gasteiger partial charge on any atom is -0.354 e. The summed E-state index contributed by atoms with van der Waals surface area (Å²) >= 11 is 0. The van der Waals surface area contributed by atoms with Crippen LogP contribution in [-0.2, 0) is 16.0 Å². The third-order valence-corrected chi connectivity index (χ3v) is 2.75. The summed E-state index contributed by atoms with van der Waals surface area (Å²) < 4.78 is 12.9. The Hall–Kier alpha value is -1.95. The zero-order valence-electron chi connectivity index (χ0n) is 11.5. The highest BCUT2D eigenvalue weighted by Gasteiger charge is 2.08. The third kappa shape index (κ3) is 6.29. The van der Waals surface area contributed by atoms with Gasteiger partial charge in [-0.25, -0.2) is 4.39 Å². The van der Waals surface area contributed by atoms with E-state index in [0.29, 0.717) is 18.7 Å². The number of hydrogen-bond donors (Lipinski definition) is 3. The summed E-state index contributed by atoms with van der Waals surface area (Å²) in [7, 11) is 0. The summed E-state index contributed by atoms with van der Waals surface area (Å²) in [5, 5.41) is 5.16. The molecule has 0 aromatic heterocycles. The highest BCUT2D eigenvalue weighted by Crippen LogP contribution is 2.03. The molecule has 0 aliphatic rings. The highest BCUT2D eigenvalue weighted by atomic mass is 19.1. The van der Waals surface area contributed by atoms with E-state index < -0.39 is 0 Å². The summed E-state index contributed by atoms with van der Waals surface area (Å²) in [4.78, 5) is 23.0. The maximum absolute atomic E-state index is 12.9.